The second-order valence-corrected chi connectivity index (χ2v) is 12.7. The largest absolute Gasteiger partial charge is 3.00 e. The smallest absolute Gasteiger partial charge is 0.872 e. The zero-order chi connectivity index (χ0) is 47.2. The normalized spacial score (nSPS) is 9.34. The van der Waals surface area contributed by atoms with Crippen LogP contribution in [0.4, 0.5) is 0 Å². The van der Waals surface area contributed by atoms with Crippen LogP contribution in [0.25, 0.3) is 0 Å². The van der Waals surface area contributed by atoms with Gasteiger partial charge >= 0.3 is 49.5 Å². The summed E-state index contributed by atoms with van der Waals surface area (Å²) < 4.78 is 0. The Morgan fingerprint density at radius 3 is 0.836 bits per heavy atom. The van der Waals surface area contributed by atoms with Gasteiger partial charge in [0, 0.05) is 25.5 Å². The number of carbonyl (C=O) groups excluding carboxylic acids is 4. The van der Waals surface area contributed by atoms with Crippen molar-refractivity contribution in [3.63, 3.8) is 0 Å². The Hall–Kier alpha value is -6.46. The summed E-state index contributed by atoms with van der Waals surface area (Å²) in [6.45, 7) is 3.43. The molecule has 0 saturated heterocycles. The molecule has 6 rings (SSSR count). The predicted octanol–water partition coefficient (Wildman–Crippen LogP) is 1.77. The van der Waals surface area contributed by atoms with Crippen LogP contribution in [0.15, 0.2) is 180 Å². The maximum atomic E-state index is 11.2. The number of hydrogen-bond acceptors (Lipinski definition) is 14. The van der Waals surface area contributed by atoms with Gasteiger partial charge in [0.25, 0.3) is 0 Å². The molecule has 0 heterocycles. The average molecular weight is 1040 g/mol. The number of hydrogen-bond donors (Lipinski definition) is 2. The Balaban J connectivity index is -0.000000735. The zero-order valence-electron chi connectivity index (χ0n) is 36.5. The number of aromatic carboxylic acids is 4. The van der Waals surface area contributed by atoms with Gasteiger partial charge in [-0.05, 0) is 73.4 Å². The Morgan fingerprint density at radius 1 is 0.418 bits per heavy atom. The van der Waals surface area contributed by atoms with E-state index < -0.39 is 23.9 Å². The fourth-order valence-corrected chi connectivity index (χ4v) is 4.49. The molecular formula is C50H50N4Ni3O10+2. The molecule has 358 valence electrons. The maximum Gasteiger partial charge on any atom is 3.00 e. The summed E-state index contributed by atoms with van der Waals surface area (Å²) in [5.41, 5.74) is 2.21. The monoisotopic (exact) mass is 1040 g/mol. The minimum atomic E-state index is -1.13. The summed E-state index contributed by atoms with van der Waals surface area (Å²) in [7, 11) is 3.83. The summed E-state index contributed by atoms with van der Waals surface area (Å²) in [6, 6.07) is 46.1. The van der Waals surface area contributed by atoms with Gasteiger partial charge in [0.15, 0.2) is 0 Å². The van der Waals surface area contributed by atoms with E-state index in [4.69, 9.17) is 0 Å². The molecule has 0 fully saturated rings. The quantitative estimate of drug-likeness (QED) is 0.0900. The van der Waals surface area contributed by atoms with E-state index in [0.29, 0.717) is 11.1 Å². The molecule has 0 saturated carbocycles. The third-order valence-corrected chi connectivity index (χ3v) is 7.76. The minimum absolute atomic E-state index is 0. The van der Waals surface area contributed by atoms with E-state index in [1.807, 2.05) is 26.2 Å². The molecule has 0 aromatic heterocycles. The number of aliphatic imine (C=N–C) groups is 2. The second kappa shape index (κ2) is 42.2. The summed E-state index contributed by atoms with van der Waals surface area (Å²) in [5, 5.41) is 68.9. The van der Waals surface area contributed by atoms with Crippen LogP contribution < -0.4 is 41.3 Å². The van der Waals surface area contributed by atoms with Gasteiger partial charge < -0.3 is 60.5 Å². The van der Waals surface area contributed by atoms with E-state index in [1.165, 1.54) is 48.5 Å². The van der Waals surface area contributed by atoms with Crippen molar-refractivity contribution in [2.75, 3.05) is 40.3 Å². The van der Waals surface area contributed by atoms with Crippen molar-refractivity contribution >= 4 is 36.3 Å². The molecule has 67 heavy (non-hydrogen) atoms. The Morgan fingerprint density at radius 2 is 0.642 bits per heavy atom. The molecule has 17 heteroatoms. The molecule has 0 spiro atoms. The van der Waals surface area contributed by atoms with Gasteiger partial charge in [0.05, 0.1) is 23.9 Å². The summed E-state index contributed by atoms with van der Waals surface area (Å²) in [6.07, 6.45) is 5.29. The average Bonchev–Trinajstić information content (AvgIpc) is 3.32. The second-order valence-electron chi connectivity index (χ2n) is 12.7. The van der Waals surface area contributed by atoms with Crippen molar-refractivity contribution < 1.29 is 99.3 Å². The van der Waals surface area contributed by atoms with Crippen molar-refractivity contribution in [3.8, 4) is 11.5 Å². The maximum absolute atomic E-state index is 11.2. The summed E-state index contributed by atoms with van der Waals surface area (Å²) in [5.74, 6) is -4.45. The van der Waals surface area contributed by atoms with Gasteiger partial charge in [-0.15, -0.1) is 11.5 Å². The van der Waals surface area contributed by atoms with Crippen molar-refractivity contribution in [3.05, 3.63) is 203 Å². The minimum Gasteiger partial charge on any atom is -0.872 e. The standard InChI is InChI=1S/2C11H16N2O.4C7H6O2.3Ni/c2*1-12-7-4-8-13-9-10-5-2-3-6-11(10)14;4*8-7(9)6-4-2-1-3-5-6;;;/h2*2-3,5-6,9,12,14H,4,7-8H2,1H3;4*1-5H,(H,8,9);;;/q;;;;;;+2;2*+3/p-6. The van der Waals surface area contributed by atoms with E-state index in [9.17, 15) is 49.8 Å². The number of para-hydroxylation sites is 2. The first-order valence-corrected chi connectivity index (χ1v) is 19.8. The number of carboxylic acids is 4. The molecule has 0 unspecified atom stereocenters. The molecule has 0 amide bonds. The number of benzene rings is 6. The van der Waals surface area contributed by atoms with Crippen molar-refractivity contribution in [2.24, 2.45) is 9.98 Å². The first kappa shape index (κ1) is 64.8. The SMILES string of the molecule is CNCCCN=Cc1ccccc1[O-].CNCCCN=Cc1ccccc1[O-].O=C([O-])c1ccccc1.O=C([O-])c1ccccc1.O=C([O-])c1ccccc1.O=C([O-])c1ccccc1.[Ni+2].[Ni+3].[Ni+3]. The van der Waals surface area contributed by atoms with Crippen LogP contribution in [0.5, 0.6) is 11.5 Å². The van der Waals surface area contributed by atoms with Gasteiger partial charge in [-0.3, -0.25) is 9.98 Å². The zero-order valence-corrected chi connectivity index (χ0v) is 39.5. The van der Waals surface area contributed by atoms with E-state index >= 15 is 0 Å². The topological polar surface area (TPSA) is 255 Å². The van der Waals surface area contributed by atoms with Crippen molar-refractivity contribution in [1.29, 1.82) is 0 Å². The van der Waals surface area contributed by atoms with Crippen molar-refractivity contribution in [2.45, 2.75) is 12.8 Å². The number of nitrogens with zero attached hydrogens (tertiary/aromatic N) is 2. The molecular weight excluding hydrogens is 993 g/mol. The Labute approximate surface area is 421 Å². The number of carboxylic acid groups (broad SMARTS) is 4. The third-order valence-electron chi connectivity index (χ3n) is 7.76. The van der Waals surface area contributed by atoms with Crippen LogP contribution in [-0.2, 0) is 49.5 Å². The molecule has 0 aliphatic heterocycles. The number of rotatable bonds is 14. The molecule has 0 bridgehead atoms. The van der Waals surface area contributed by atoms with Crippen LogP contribution in [0, 0.1) is 0 Å². The molecule has 0 aliphatic rings. The van der Waals surface area contributed by atoms with Crippen LogP contribution >= 0.6 is 0 Å². The van der Waals surface area contributed by atoms with Gasteiger partial charge in [0.2, 0.25) is 0 Å². The molecule has 0 atom stereocenters. The van der Waals surface area contributed by atoms with Crippen molar-refractivity contribution in [1.82, 2.24) is 10.6 Å². The first-order valence-electron chi connectivity index (χ1n) is 19.8. The van der Waals surface area contributed by atoms with Crippen LogP contribution in [-0.4, -0.2) is 76.6 Å². The van der Waals surface area contributed by atoms with Gasteiger partial charge in [-0.25, -0.2) is 0 Å². The molecule has 0 aliphatic carbocycles. The number of nitrogens with one attached hydrogen (secondary N) is 2. The van der Waals surface area contributed by atoms with Crippen LogP contribution in [0.2, 0.25) is 0 Å². The summed E-state index contributed by atoms with van der Waals surface area (Å²) >= 11 is 0. The third kappa shape index (κ3) is 32.8. The predicted molar refractivity (Wildman–Crippen MR) is 237 cm³/mol. The fraction of sp³-hybridized carbons (Fsp3) is 0.160. The van der Waals surface area contributed by atoms with E-state index in [1.54, 1.807) is 122 Å². The van der Waals surface area contributed by atoms with E-state index in [0.717, 1.165) is 39.0 Å². The summed E-state index contributed by atoms with van der Waals surface area (Å²) in [4.78, 5) is 48.7. The van der Waals surface area contributed by atoms with E-state index in [2.05, 4.69) is 20.6 Å². The van der Waals surface area contributed by atoms with Crippen LogP contribution in [0.1, 0.15) is 65.4 Å². The molecule has 14 nitrogen and oxygen atoms in total. The molecule has 6 aromatic rings. The van der Waals surface area contributed by atoms with Gasteiger partial charge in [-0.2, -0.15) is 0 Å². The molecule has 2 N–H and O–H groups in total. The fourth-order valence-electron chi connectivity index (χ4n) is 4.49. The van der Waals surface area contributed by atoms with Gasteiger partial charge in [0.1, 0.15) is 0 Å². The Kier molecular flexibility index (Phi) is 40.8. The molecule has 6 aromatic carbocycles. The Bertz CT molecular complexity index is 2000. The number of carbonyl (C=O) groups is 4. The van der Waals surface area contributed by atoms with Crippen LogP contribution in [0.3, 0.4) is 0 Å². The van der Waals surface area contributed by atoms with E-state index in [-0.39, 0.29) is 83.2 Å². The first-order chi connectivity index (χ1) is 30.9. The van der Waals surface area contributed by atoms with Gasteiger partial charge in [-0.1, -0.05) is 170 Å². The molecule has 2 radical (unpaired) electrons.